The molecule has 0 spiro atoms. The molecule has 1 heterocycles. The van der Waals surface area contributed by atoms with Crippen LogP contribution in [0.4, 0.5) is 0 Å². The van der Waals surface area contributed by atoms with Crippen LogP contribution in [0, 0.1) is 11.3 Å². The molecule has 0 amide bonds. The second kappa shape index (κ2) is 4.81. The lowest BCUT2D eigenvalue weighted by Gasteiger charge is -2.45. The highest BCUT2D eigenvalue weighted by Gasteiger charge is 2.58. The average molecular weight is 258 g/mol. The molecule has 17 heavy (non-hydrogen) atoms. The zero-order chi connectivity index (χ0) is 12.5. The Hall–Kier alpha value is -0.220. The molecule has 2 fully saturated rings. The minimum Gasteiger partial charge on any atom is -0.481 e. The normalized spacial score (nSPS) is 42.6. The minimum atomic E-state index is -0.964. The maximum absolute atomic E-state index is 11.6. The molecule has 2 rings (SSSR count). The predicted molar refractivity (Wildman–Crippen MR) is 69.2 cm³/mol. The molecule has 0 aromatic carbocycles. The van der Waals surface area contributed by atoms with Crippen molar-refractivity contribution in [2.75, 3.05) is 11.5 Å². The maximum atomic E-state index is 11.6. The van der Waals surface area contributed by atoms with Gasteiger partial charge in [-0.25, -0.2) is 0 Å². The number of carboxylic acid groups (broad SMARTS) is 1. The predicted octanol–water partition coefficient (Wildman–Crippen LogP) is 2.53. The zero-order valence-corrected chi connectivity index (χ0v) is 11.3. The van der Waals surface area contributed by atoms with Crippen LogP contribution in [0.15, 0.2) is 0 Å². The van der Waals surface area contributed by atoms with E-state index in [2.05, 4.69) is 6.92 Å². The molecule has 2 N–H and O–H groups in total. The van der Waals surface area contributed by atoms with Gasteiger partial charge in [-0.3, -0.25) is 4.79 Å². The molecule has 2 aliphatic rings. The van der Waals surface area contributed by atoms with Gasteiger partial charge in [0.1, 0.15) is 5.41 Å². The van der Waals surface area contributed by atoms with Crippen molar-refractivity contribution in [3.8, 4) is 0 Å². The number of carbonyl (C=O) groups is 1. The van der Waals surface area contributed by atoms with Crippen molar-refractivity contribution in [1.82, 2.24) is 0 Å². The standard InChI is InChI=1S/C13H22O3S/c1-2-10-3-5-13(16,6-4-10)12(11(14)15)7-8-17-9-12/h10,16H,2-9H2,1H3,(H,14,15). The monoisotopic (exact) mass is 258 g/mol. The molecule has 0 aromatic heterocycles. The lowest BCUT2D eigenvalue weighted by molar-refractivity contribution is -0.172. The van der Waals surface area contributed by atoms with Gasteiger partial charge in [-0.05, 0) is 43.8 Å². The highest BCUT2D eigenvalue weighted by atomic mass is 32.2. The molecule has 0 aromatic rings. The number of hydrogen-bond donors (Lipinski definition) is 2. The third kappa shape index (κ3) is 2.10. The first kappa shape index (κ1) is 13.2. The van der Waals surface area contributed by atoms with Gasteiger partial charge in [-0.15, -0.1) is 0 Å². The van der Waals surface area contributed by atoms with Gasteiger partial charge in [0.15, 0.2) is 0 Å². The number of aliphatic carboxylic acids is 1. The van der Waals surface area contributed by atoms with Crippen LogP contribution in [-0.4, -0.2) is 33.3 Å². The number of rotatable bonds is 3. The number of aliphatic hydroxyl groups is 1. The SMILES string of the molecule is CCC1CCC(O)(C2(C(=O)O)CCSC2)CC1. The summed E-state index contributed by atoms with van der Waals surface area (Å²) in [4.78, 5) is 11.6. The first-order valence-electron chi connectivity index (χ1n) is 6.57. The van der Waals surface area contributed by atoms with Crippen LogP contribution in [0.5, 0.6) is 0 Å². The van der Waals surface area contributed by atoms with Crippen molar-refractivity contribution in [3.05, 3.63) is 0 Å². The Morgan fingerprint density at radius 3 is 2.41 bits per heavy atom. The summed E-state index contributed by atoms with van der Waals surface area (Å²) in [5, 5.41) is 20.3. The molecule has 1 aliphatic heterocycles. The number of hydrogen-bond acceptors (Lipinski definition) is 3. The Morgan fingerprint density at radius 2 is 2.00 bits per heavy atom. The van der Waals surface area contributed by atoms with Crippen molar-refractivity contribution >= 4 is 17.7 Å². The van der Waals surface area contributed by atoms with Crippen LogP contribution in [0.3, 0.4) is 0 Å². The fourth-order valence-corrected chi connectivity index (χ4v) is 4.86. The van der Waals surface area contributed by atoms with E-state index in [0.717, 1.165) is 25.0 Å². The van der Waals surface area contributed by atoms with Gasteiger partial charge >= 0.3 is 5.97 Å². The minimum absolute atomic E-state index is 0.579. The van der Waals surface area contributed by atoms with Crippen LogP contribution in [0.1, 0.15) is 45.4 Å². The molecule has 0 bridgehead atoms. The molecule has 1 saturated heterocycles. The van der Waals surface area contributed by atoms with E-state index in [1.165, 1.54) is 0 Å². The third-order valence-electron chi connectivity index (χ3n) is 4.83. The molecule has 1 unspecified atom stereocenters. The Labute approximate surface area is 107 Å². The summed E-state index contributed by atoms with van der Waals surface area (Å²) in [6, 6.07) is 0. The Kier molecular flexibility index (Phi) is 3.74. The third-order valence-corrected chi connectivity index (χ3v) is 6.02. The quantitative estimate of drug-likeness (QED) is 0.816. The smallest absolute Gasteiger partial charge is 0.313 e. The van der Waals surface area contributed by atoms with E-state index in [-0.39, 0.29) is 0 Å². The van der Waals surface area contributed by atoms with E-state index in [1.807, 2.05) is 0 Å². The lowest BCUT2D eigenvalue weighted by Crippen LogP contribution is -2.55. The van der Waals surface area contributed by atoms with Gasteiger partial charge in [0.25, 0.3) is 0 Å². The number of thioether (sulfide) groups is 1. The van der Waals surface area contributed by atoms with Crippen molar-refractivity contribution in [2.45, 2.75) is 51.0 Å². The largest absolute Gasteiger partial charge is 0.481 e. The Bertz CT molecular complexity index is 289. The van der Waals surface area contributed by atoms with Gasteiger partial charge in [-0.2, -0.15) is 11.8 Å². The van der Waals surface area contributed by atoms with Gasteiger partial charge in [0.2, 0.25) is 0 Å². The first-order valence-corrected chi connectivity index (χ1v) is 7.73. The van der Waals surface area contributed by atoms with E-state index >= 15 is 0 Å². The summed E-state index contributed by atoms with van der Waals surface area (Å²) < 4.78 is 0. The maximum Gasteiger partial charge on any atom is 0.313 e. The molecule has 3 nitrogen and oxygen atoms in total. The van der Waals surface area contributed by atoms with E-state index in [4.69, 9.17) is 0 Å². The fourth-order valence-electron chi connectivity index (χ4n) is 3.34. The molecule has 98 valence electrons. The summed E-state index contributed by atoms with van der Waals surface area (Å²) in [7, 11) is 0. The molecule has 1 atom stereocenters. The topological polar surface area (TPSA) is 57.5 Å². The van der Waals surface area contributed by atoms with Crippen molar-refractivity contribution < 1.29 is 15.0 Å². The second-order valence-electron chi connectivity index (χ2n) is 5.57. The molecular formula is C13H22O3S. The second-order valence-corrected chi connectivity index (χ2v) is 6.68. The van der Waals surface area contributed by atoms with Crippen molar-refractivity contribution in [2.24, 2.45) is 11.3 Å². The Balaban J connectivity index is 2.16. The van der Waals surface area contributed by atoms with E-state index in [9.17, 15) is 15.0 Å². The summed E-state index contributed by atoms with van der Waals surface area (Å²) in [6.07, 6.45) is 5.06. The highest BCUT2D eigenvalue weighted by Crippen LogP contribution is 2.51. The van der Waals surface area contributed by atoms with Gasteiger partial charge < -0.3 is 10.2 Å². The zero-order valence-electron chi connectivity index (χ0n) is 10.4. The summed E-state index contributed by atoms with van der Waals surface area (Å²) in [5.74, 6) is 1.33. The fraction of sp³-hybridized carbons (Fsp3) is 0.923. The van der Waals surface area contributed by atoms with Crippen LogP contribution in [-0.2, 0) is 4.79 Å². The molecule has 1 saturated carbocycles. The van der Waals surface area contributed by atoms with Gasteiger partial charge in [0, 0.05) is 5.75 Å². The molecule has 1 aliphatic carbocycles. The molecule has 4 heteroatoms. The summed E-state index contributed by atoms with van der Waals surface area (Å²) in [6.45, 7) is 2.17. The van der Waals surface area contributed by atoms with Crippen LogP contribution >= 0.6 is 11.8 Å². The average Bonchev–Trinajstić information content (AvgIpc) is 2.81. The van der Waals surface area contributed by atoms with Crippen LogP contribution < -0.4 is 0 Å². The molecule has 0 radical (unpaired) electrons. The van der Waals surface area contributed by atoms with Gasteiger partial charge in [-0.1, -0.05) is 13.3 Å². The lowest BCUT2D eigenvalue weighted by atomic mass is 9.62. The number of carboxylic acids is 1. The summed E-state index contributed by atoms with van der Waals surface area (Å²) >= 11 is 1.67. The van der Waals surface area contributed by atoms with E-state index in [1.54, 1.807) is 11.8 Å². The summed E-state index contributed by atoms with van der Waals surface area (Å²) in [5.41, 5.74) is -1.84. The van der Waals surface area contributed by atoms with Crippen molar-refractivity contribution in [1.29, 1.82) is 0 Å². The first-order chi connectivity index (χ1) is 8.04. The Morgan fingerprint density at radius 1 is 1.35 bits per heavy atom. The van der Waals surface area contributed by atoms with E-state index in [0.29, 0.717) is 30.9 Å². The van der Waals surface area contributed by atoms with Crippen molar-refractivity contribution in [3.63, 3.8) is 0 Å². The highest BCUT2D eigenvalue weighted by molar-refractivity contribution is 7.99. The van der Waals surface area contributed by atoms with Crippen LogP contribution in [0.25, 0.3) is 0 Å². The van der Waals surface area contributed by atoms with E-state index < -0.39 is 17.0 Å². The van der Waals surface area contributed by atoms with Crippen LogP contribution in [0.2, 0.25) is 0 Å². The molecular weight excluding hydrogens is 236 g/mol. The van der Waals surface area contributed by atoms with Gasteiger partial charge in [0.05, 0.1) is 5.60 Å².